The van der Waals surface area contributed by atoms with Crippen molar-refractivity contribution < 1.29 is 9.53 Å². The molecule has 0 saturated carbocycles. The first-order valence-corrected chi connectivity index (χ1v) is 8.07. The van der Waals surface area contributed by atoms with Crippen LogP contribution in [0, 0.1) is 0 Å². The van der Waals surface area contributed by atoms with Gasteiger partial charge in [0.2, 0.25) is 5.91 Å². The first-order valence-electron chi connectivity index (χ1n) is 7.69. The van der Waals surface area contributed by atoms with Crippen LogP contribution in [0.4, 0.5) is 11.4 Å². The lowest BCUT2D eigenvalue weighted by Crippen LogP contribution is -2.21. The summed E-state index contributed by atoms with van der Waals surface area (Å²) in [6, 6.07) is 14.7. The summed E-state index contributed by atoms with van der Waals surface area (Å²) >= 11 is 5.88. The Morgan fingerprint density at radius 2 is 1.91 bits per heavy atom. The van der Waals surface area contributed by atoms with Crippen LogP contribution in [0.2, 0.25) is 5.02 Å². The molecule has 0 spiro atoms. The van der Waals surface area contributed by atoms with Crippen LogP contribution >= 0.6 is 11.6 Å². The van der Waals surface area contributed by atoms with E-state index in [1.807, 2.05) is 24.3 Å². The minimum atomic E-state index is -0.129. The number of halogens is 1. The maximum absolute atomic E-state index is 11.9. The number of ether oxygens (including phenoxy) is 1. The van der Waals surface area contributed by atoms with Gasteiger partial charge in [-0.1, -0.05) is 31.0 Å². The Morgan fingerprint density at radius 3 is 2.61 bits per heavy atom. The van der Waals surface area contributed by atoms with E-state index in [2.05, 4.69) is 17.6 Å². The number of amides is 1. The molecule has 0 aliphatic rings. The molecule has 0 radical (unpaired) electrons. The Hall–Kier alpha value is -2.20. The summed E-state index contributed by atoms with van der Waals surface area (Å²) in [4.78, 5) is 11.9. The number of benzene rings is 2. The fourth-order valence-electron chi connectivity index (χ4n) is 1.96. The highest BCUT2D eigenvalue weighted by Gasteiger charge is 2.03. The lowest BCUT2D eigenvalue weighted by molar-refractivity contribution is -0.114. The summed E-state index contributed by atoms with van der Waals surface area (Å²) in [5.74, 6) is 0.711. The van der Waals surface area contributed by atoms with E-state index >= 15 is 0 Å². The van der Waals surface area contributed by atoms with Gasteiger partial charge in [0, 0.05) is 16.4 Å². The van der Waals surface area contributed by atoms with Gasteiger partial charge in [-0.25, -0.2) is 0 Å². The summed E-state index contributed by atoms with van der Waals surface area (Å²) in [7, 11) is 0. The summed E-state index contributed by atoms with van der Waals surface area (Å²) in [6.45, 7) is 3.04. The number of hydrogen-bond acceptors (Lipinski definition) is 3. The van der Waals surface area contributed by atoms with Gasteiger partial charge in [-0.3, -0.25) is 4.79 Å². The van der Waals surface area contributed by atoms with Crippen molar-refractivity contribution >= 4 is 28.9 Å². The molecule has 122 valence electrons. The van der Waals surface area contributed by atoms with E-state index in [0.717, 1.165) is 30.9 Å². The molecule has 23 heavy (non-hydrogen) atoms. The summed E-state index contributed by atoms with van der Waals surface area (Å²) in [6.07, 6.45) is 2.16. The molecule has 0 unspecified atom stereocenters. The first-order chi connectivity index (χ1) is 11.2. The van der Waals surface area contributed by atoms with Gasteiger partial charge >= 0.3 is 0 Å². The zero-order valence-electron chi connectivity index (χ0n) is 13.1. The van der Waals surface area contributed by atoms with Gasteiger partial charge < -0.3 is 15.4 Å². The van der Waals surface area contributed by atoms with Crippen LogP contribution in [0.25, 0.3) is 0 Å². The number of rotatable bonds is 8. The van der Waals surface area contributed by atoms with Crippen LogP contribution in [0.3, 0.4) is 0 Å². The second-order valence-electron chi connectivity index (χ2n) is 5.14. The molecule has 2 rings (SSSR count). The normalized spacial score (nSPS) is 10.2. The standard InChI is InChI=1S/C18H21ClN2O2/c1-2-3-11-23-17-9-7-15(8-10-17)20-13-18(22)21-16-6-4-5-14(19)12-16/h4-10,12,20H,2-3,11,13H2,1H3,(H,21,22). The second kappa shape index (κ2) is 9.06. The smallest absolute Gasteiger partial charge is 0.243 e. The van der Waals surface area contributed by atoms with Gasteiger partial charge in [0.15, 0.2) is 0 Å². The molecular weight excluding hydrogens is 312 g/mol. The summed E-state index contributed by atoms with van der Waals surface area (Å²) in [5, 5.41) is 6.45. The van der Waals surface area contributed by atoms with Crippen molar-refractivity contribution in [2.75, 3.05) is 23.8 Å². The third-order valence-electron chi connectivity index (χ3n) is 3.18. The number of carbonyl (C=O) groups excluding carboxylic acids is 1. The maximum Gasteiger partial charge on any atom is 0.243 e. The highest BCUT2D eigenvalue weighted by atomic mass is 35.5. The maximum atomic E-state index is 11.9. The van der Waals surface area contributed by atoms with Crippen LogP contribution < -0.4 is 15.4 Å². The lowest BCUT2D eigenvalue weighted by atomic mass is 10.3. The minimum Gasteiger partial charge on any atom is -0.494 e. The van der Waals surface area contributed by atoms with Crippen molar-refractivity contribution in [1.82, 2.24) is 0 Å². The Morgan fingerprint density at radius 1 is 1.13 bits per heavy atom. The van der Waals surface area contributed by atoms with Crippen LogP contribution in [0.5, 0.6) is 5.75 Å². The molecule has 5 heteroatoms. The van der Waals surface area contributed by atoms with Crippen LogP contribution in [-0.2, 0) is 4.79 Å². The monoisotopic (exact) mass is 332 g/mol. The molecule has 0 aliphatic carbocycles. The quantitative estimate of drug-likeness (QED) is 0.696. The fraction of sp³-hybridized carbons (Fsp3) is 0.278. The fourth-order valence-corrected chi connectivity index (χ4v) is 2.15. The predicted octanol–water partition coefficient (Wildman–Crippen LogP) is 4.57. The average molecular weight is 333 g/mol. The van der Waals surface area contributed by atoms with E-state index in [1.165, 1.54) is 0 Å². The van der Waals surface area contributed by atoms with Gasteiger partial charge in [0.05, 0.1) is 13.2 Å². The highest BCUT2D eigenvalue weighted by molar-refractivity contribution is 6.30. The molecule has 2 N–H and O–H groups in total. The molecule has 0 aliphatic heterocycles. The van der Waals surface area contributed by atoms with Crippen molar-refractivity contribution in [3.05, 3.63) is 53.6 Å². The van der Waals surface area contributed by atoms with Crippen molar-refractivity contribution in [2.24, 2.45) is 0 Å². The number of carbonyl (C=O) groups is 1. The number of unbranched alkanes of at least 4 members (excludes halogenated alkanes) is 1. The molecule has 0 aromatic heterocycles. The van der Waals surface area contributed by atoms with E-state index in [4.69, 9.17) is 16.3 Å². The minimum absolute atomic E-state index is 0.129. The molecule has 2 aromatic rings. The van der Waals surface area contributed by atoms with E-state index in [1.54, 1.807) is 24.3 Å². The van der Waals surface area contributed by atoms with Gasteiger partial charge in [-0.05, 0) is 48.9 Å². The number of anilines is 2. The Labute approximate surface area is 141 Å². The molecule has 0 saturated heterocycles. The van der Waals surface area contributed by atoms with Crippen LogP contribution in [-0.4, -0.2) is 19.1 Å². The largest absolute Gasteiger partial charge is 0.494 e. The average Bonchev–Trinajstić information content (AvgIpc) is 2.54. The zero-order chi connectivity index (χ0) is 16.5. The predicted molar refractivity (Wildman–Crippen MR) is 95.4 cm³/mol. The number of nitrogens with one attached hydrogen (secondary N) is 2. The first kappa shape index (κ1) is 17.2. The molecule has 0 fully saturated rings. The molecule has 2 aromatic carbocycles. The van der Waals surface area contributed by atoms with E-state index in [9.17, 15) is 4.79 Å². The van der Waals surface area contributed by atoms with Crippen molar-refractivity contribution in [3.8, 4) is 5.75 Å². The van der Waals surface area contributed by atoms with Crippen LogP contribution in [0.15, 0.2) is 48.5 Å². The van der Waals surface area contributed by atoms with Crippen molar-refractivity contribution in [2.45, 2.75) is 19.8 Å². The number of hydrogen-bond donors (Lipinski definition) is 2. The van der Waals surface area contributed by atoms with Gasteiger partial charge in [-0.15, -0.1) is 0 Å². The zero-order valence-corrected chi connectivity index (χ0v) is 13.9. The highest BCUT2D eigenvalue weighted by Crippen LogP contribution is 2.17. The Kier molecular flexibility index (Phi) is 6.76. The molecule has 0 atom stereocenters. The summed E-state index contributed by atoms with van der Waals surface area (Å²) < 4.78 is 5.60. The molecule has 1 amide bonds. The molecular formula is C18H21ClN2O2. The Balaban J connectivity index is 1.77. The van der Waals surface area contributed by atoms with E-state index in [-0.39, 0.29) is 12.5 Å². The van der Waals surface area contributed by atoms with Crippen molar-refractivity contribution in [3.63, 3.8) is 0 Å². The lowest BCUT2D eigenvalue weighted by Gasteiger charge is -2.09. The van der Waals surface area contributed by atoms with Gasteiger partial charge in [0.25, 0.3) is 0 Å². The summed E-state index contributed by atoms with van der Waals surface area (Å²) in [5.41, 5.74) is 1.55. The molecule has 4 nitrogen and oxygen atoms in total. The van der Waals surface area contributed by atoms with E-state index < -0.39 is 0 Å². The third-order valence-corrected chi connectivity index (χ3v) is 3.42. The third kappa shape index (κ3) is 6.20. The van der Waals surface area contributed by atoms with Gasteiger partial charge in [0.1, 0.15) is 5.75 Å². The molecule has 0 heterocycles. The van der Waals surface area contributed by atoms with Gasteiger partial charge in [-0.2, -0.15) is 0 Å². The SMILES string of the molecule is CCCCOc1ccc(NCC(=O)Nc2cccc(Cl)c2)cc1. The van der Waals surface area contributed by atoms with Crippen LogP contribution in [0.1, 0.15) is 19.8 Å². The van der Waals surface area contributed by atoms with Crippen molar-refractivity contribution in [1.29, 1.82) is 0 Å². The second-order valence-corrected chi connectivity index (χ2v) is 5.57. The van der Waals surface area contributed by atoms with E-state index in [0.29, 0.717) is 10.7 Å². The Bertz CT molecular complexity index is 629. The molecule has 0 bridgehead atoms. The topological polar surface area (TPSA) is 50.4 Å².